The number of piperidine rings is 1. The van der Waals surface area contributed by atoms with Crippen LogP contribution in [0.15, 0.2) is 24.3 Å². The first-order valence-corrected chi connectivity index (χ1v) is 9.73. The lowest BCUT2D eigenvalue weighted by atomic mass is 9.60. The summed E-state index contributed by atoms with van der Waals surface area (Å²) in [6.45, 7) is 1.32. The summed E-state index contributed by atoms with van der Waals surface area (Å²) in [4.78, 5) is 26.1. The molecule has 3 aliphatic rings. The van der Waals surface area contributed by atoms with Crippen LogP contribution in [-0.2, 0) is 15.8 Å². The highest BCUT2D eigenvalue weighted by Gasteiger charge is 2.51. The first-order chi connectivity index (χ1) is 12.8. The molecule has 1 amide bonds. The third kappa shape index (κ3) is 3.63. The standard InChI is InChI=1S/C21H24F3NO2/c22-21(23,24)17-3-1-14(2-4-17)15-6-9-25(10-7-15)19(27)16-11-20(12-16)8-5-18(26)13-20/h1-4,15-16H,5-13H2. The minimum atomic E-state index is -4.31. The van der Waals surface area contributed by atoms with E-state index in [2.05, 4.69) is 0 Å². The molecule has 6 heteroatoms. The molecule has 3 fully saturated rings. The lowest BCUT2D eigenvalue weighted by Gasteiger charge is -2.46. The number of ketones is 1. The molecule has 0 aromatic heterocycles. The van der Waals surface area contributed by atoms with Crippen LogP contribution in [0.3, 0.4) is 0 Å². The highest BCUT2D eigenvalue weighted by atomic mass is 19.4. The molecular formula is C21H24F3NO2. The number of hydrogen-bond donors (Lipinski definition) is 0. The third-order valence-electron chi connectivity index (χ3n) is 6.73. The number of Topliss-reactive ketones (excluding diaryl/α,β-unsaturated/α-hetero) is 1. The second-order valence-corrected chi connectivity index (χ2v) is 8.54. The van der Waals surface area contributed by atoms with E-state index < -0.39 is 11.7 Å². The van der Waals surface area contributed by atoms with E-state index in [9.17, 15) is 22.8 Å². The minimum absolute atomic E-state index is 0.0542. The molecule has 1 saturated heterocycles. The number of nitrogens with zero attached hydrogens (tertiary/aromatic N) is 1. The van der Waals surface area contributed by atoms with Gasteiger partial charge in [0.05, 0.1) is 5.56 Å². The van der Waals surface area contributed by atoms with Crippen LogP contribution >= 0.6 is 0 Å². The molecule has 0 atom stereocenters. The van der Waals surface area contributed by atoms with E-state index in [0.717, 1.165) is 49.8 Å². The van der Waals surface area contributed by atoms with Crippen molar-refractivity contribution in [1.29, 1.82) is 0 Å². The van der Waals surface area contributed by atoms with Crippen LogP contribution in [0.5, 0.6) is 0 Å². The lowest BCUT2D eigenvalue weighted by Crippen LogP contribution is -2.48. The van der Waals surface area contributed by atoms with Crippen molar-refractivity contribution in [3.05, 3.63) is 35.4 Å². The molecule has 2 aliphatic carbocycles. The Labute approximate surface area is 156 Å². The molecule has 4 rings (SSSR count). The number of benzene rings is 1. The Kier molecular flexibility index (Phi) is 4.55. The molecule has 0 unspecified atom stereocenters. The second kappa shape index (κ2) is 6.64. The smallest absolute Gasteiger partial charge is 0.342 e. The number of likely N-dealkylation sites (tertiary alicyclic amines) is 1. The zero-order chi connectivity index (χ0) is 19.2. The number of rotatable bonds is 2. The van der Waals surface area contributed by atoms with E-state index in [-0.39, 0.29) is 23.2 Å². The van der Waals surface area contributed by atoms with Crippen LogP contribution in [0, 0.1) is 11.3 Å². The van der Waals surface area contributed by atoms with Gasteiger partial charge in [-0.25, -0.2) is 0 Å². The number of carbonyl (C=O) groups excluding carboxylic acids is 2. The van der Waals surface area contributed by atoms with E-state index in [1.807, 2.05) is 4.90 Å². The van der Waals surface area contributed by atoms with E-state index in [1.165, 1.54) is 0 Å². The average Bonchev–Trinajstić information content (AvgIpc) is 3.02. The Morgan fingerprint density at radius 1 is 1.07 bits per heavy atom. The van der Waals surface area contributed by atoms with Crippen molar-refractivity contribution in [1.82, 2.24) is 4.90 Å². The quantitative estimate of drug-likeness (QED) is 0.755. The molecule has 0 N–H and O–H groups in total. The largest absolute Gasteiger partial charge is 0.416 e. The van der Waals surface area contributed by atoms with Gasteiger partial charge in [0.1, 0.15) is 5.78 Å². The predicted octanol–water partition coefficient (Wildman–Crippen LogP) is 4.56. The predicted molar refractivity (Wildman–Crippen MR) is 94.0 cm³/mol. The Morgan fingerprint density at radius 2 is 1.70 bits per heavy atom. The molecule has 1 aliphatic heterocycles. The van der Waals surface area contributed by atoms with Gasteiger partial charge in [-0.1, -0.05) is 12.1 Å². The van der Waals surface area contributed by atoms with Crippen LogP contribution in [0.2, 0.25) is 0 Å². The Morgan fingerprint density at radius 3 is 2.22 bits per heavy atom. The van der Waals surface area contributed by atoms with E-state index in [1.54, 1.807) is 12.1 Å². The van der Waals surface area contributed by atoms with Gasteiger partial charge in [-0.05, 0) is 61.1 Å². The molecule has 1 spiro atoms. The molecule has 27 heavy (non-hydrogen) atoms. The Bertz CT molecular complexity index is 727. The van der Waals surface area contributed by atoms with Crippen LogP contribution in [-0.4, -0.2) is 29.7 Å². The molecule has 146 valence electrons. The monoisotopic (exact) mass is 379 g/mol. The van der Waals surface area contributed by atoms with Crippen LogP contribution in [0.1, 0.15) is 62.0 Å². The Hall–Kier alpha value is -1.85. The molecule has 0 radical (unpaired) electrons. The van der Waals surface area contributed by atoms with Crippen molar-refractivity contribution in [2.75, 3.05) is 13.1 Å². The van der Waals surface area contributed by atoms with Gasteiger partial charge in [0, 0.05) is 31.8 Å². The maximum atomic E-state index is 12.7. The molecule has 1 heterocycles. The van der Waals surface area contributed by atoms with Gasteiger partial charge in [0.2, 0.25) is 5.91 Å². The molecular weight excluding hydrogens is 355 g/mol. The molecule has 1 aromatic rings. The van der Waals surface area contributed by atoms with E-state index in [4.69, 9.17) is 0 Å². The van der Waals surface area contributed by atoms with Gasteiger partial charge in [0.25, 0.3) is 0 Å². The summed E-state index contributed by atoms with van der Waals surface area (Å²) in [5.74, 6) is 0.791. The lowest BCUT2D eigenvalue weighted by molar-refractivity contribution is -0.145. The zero-order valence-corrected chi connectivity index (χ0v) is 15.2. The summed E-state index contributed by atoms with van der Waals surface area (Å²) >= 11 is 0. The summed E-state index contributed by atoms with van der Waals surface area (Å²) in [7, 11) is 0. The normalized spacial score (nSPS) is 29.2. The number of carbonyl (C=O) groups is 2. The van der Waals surface area contributed by atoms with Crippen LogP contribution in [0.4, 0.5) is 13.2 Å². The number of hydrogen-bond acceptors (Lipinski definition) is 2. The fourth-order valence-electron chi connectivity index (χ4n) is 5.14. The molecule has 0 bridgehead atoms. The second-order valence-electron chi connectivity index (χ2n) is 8.54. The maximum absolute atomic E-state index is 12.7. The topological polar surface area (TPSA) is 37.4 Å². The van der Waals surface area contributed by atoms with Crippen molar-refractivity contribution in [3.63, 3.8) is 0 Å². The maximum Gasteiger partial charge on any atom is 0.416 e. The van der Waals surface area contributed by atoms with E-state index in [0.29, 0.717) is 31.7 Å². The van der Waals surface area contributed by atoms with Gasteiger partial charge >= 0.3 is 6.18 Å². The Balaban J connectivity index is 1.29. The van der Waals surface area contributed by atoms with Crippen LogP contribution in [0.25, 0.3) is 0 Å². The van der Waals surface area contributed by atoms with Gasteiger partial charge in [-0.15, -0.1) is 0 Å². The van der Waals surface area contributed by atoms with Crippen molar-refractivity contribution in [3.8, 4) is 0 Å². The highest BCUT2D eigenvalue weighted by molar-refractivity contribution is 5.84. The molecule has 1 aromatic carbocycles. The van der Waals surface area contributed by atoms with Gasteiger partial charge in [-0.2, -0.15) is 13.2 Å². The third-order valence-corrected chi connectivity index (χ3v) is 6.73. The highest BCUT2D eigenvalue weighted by Crippen LogP contribution is 2.55. The number of alkyl halides is 3. The first-order valence-electron chi connectivity index (χ1n) is 9.73. The van der Waals surface area contributed by atoms with Crippen molar-refractivity contribution in [2.45, 2.75) is 57.0 Å². The molecule has 2 saturated carbocycles. The summed E-state index contributed by atoms with van der Waals surface area (Å²) in [6, 6.07) is 5.42. The number of amides is 1. The number of halogens is 3. The fourth-order valence-corrected chi connectivity index (χ4v) is 5.14. The van der Waals surface area contributed by atoms with Gasteiger partial charge in [0.15, 0.2) is 0 Å². The molecule has 3 nitrogen and oxygen atoms in total. The zero-order valence-electron chi connectivity index (χ0n) is 15.2. The van der Waals surface area contributed by atoms with Gasteiger partial charge < -0.3 is 4.90 Å². The van der Waals surface area contributed by atoms with Crippen molar-refractivity contribution in [2.24, 2.45) is 11.3 Å². The SMILES string of the molecule is O=C1CCC2(C1)CC(C(=O)N1CCC(c3ccc(C(F)(F)F)cc3)CC1)C2. The van der Waals surface area contributed by atoms with Crippen molar-refractivity contribution >= 4 is 11.7 Å². The van der Waals surface area contributed by atoms with Gasteiger partial charge in [-0.3, -0.25) is 9.59 Å². The average molecular weight is 379 g/mol. The summed E-state index contributed by atoms with van der Waals surface area (Å²) in [6.07, 6.45) is 1.20. The summed E-state index contributed by atoms with van der Waals surface area (Å²) in [5.41, 5.74) is 0.404. The summed E-state index contributed by atoms with van der Waals surface area (Å²) < 4.78 is 38.1. The minimum Gasteiger partial charge on any atom is -0.342 e. The first kappa shape index (κ1) is 18.5. The summed E-state index contributed by atoms with van der Waals surface area (Å²) in [5, 5.41) is 0. The van der Waals surface area contributed by atoms with Crippen LogP contribution < -0.4 is 0 Å². The fraction of sp³-hybridized carbons (Fsp3) is 0.619. The van der Waals surface area contributed by atoms with E-state index >= 15 is 0 Å². The van der Waals surface area contributed by atoms with Crippen molar-refractivity contribution < 1.29 is 22.8 Å².